The van der Waals surface area contributed by atoms with E-state index in [1.54, 1.807) is 19.5 Å². The summed E-state index contributed by atoms with van der Waals surface area (Å²) in [5, 5.41) is 0. The molecular weight excluding hydrogens is 382 g/mol. The van der Waals surface area contributed by atoms with Crippen LogP contribution in [0.25, 0.3) is 11.1 Å². The highest BCUT2D eigenvalue weighted by molar-refractivity contribution is 5.65. The van der Waals surface area contributed by atoms with Crippen LogP contribution in [0.4, 0.5) is 0 Å². The Morgan fingerprint density at radius 1 is 0.867 bits per heavy atom. The second-order valence-corrected chi connectivity index (χ2v) is 6.93. The molecule has 0 bridgehead atoms. The molecule has 4 rings (SSSR count). The monoisotopic (exact) mass is 407 g/mol. The molecule has 0 aliphatic carbocycles. The van der Waals surface area contributed by atoms with Gasteiger partial charge in [-0.3, -0.25) is 4.98 Å². The second kappa shape index (κ2) is 10.2. The summed E-state index contributed by atoms with van der Waals surface area (Å²) >= 11 is 0. The molecule has 1 aromatic heterocycles. The average Bonchev–Trinajstić information content (AvgIpc) is 3.63. The third-order valence-electron chi connectivity index (χ3n) is 4.70. The van der Waals surface area contributed by atoms with Crippen molar-refractivity contribution in [2.45, 2.75) is 12.2 Å². The number of benzene rings is 2. The molecule has 6 nitrogen and oxygen atoms in total. The molecule has 3 aromatic rings. The van der Waals surface area contributed by atoms with E-state index >= 15 is 0 Å². The van der Waals surface area contributed by atoms with Gasteiger partial charge in [0, 0.05) is 19.5 Å². The number of ether oxygens (including phenoxy) is 5. The van der Waals surface area contributed by atoms with Gasteiger partial charge in [-0.2, -0.15) is 0 Å². The Kier molecular flexibility index (Phi) is 6.92. The van der Waals surface area contributed by atoms with E-state index in [1.807, 2.05) is 60.7 Å². The fourth-order valence-electron chi connectivity index (χ4n) is 2.99. The highest BCUT2D eigenvalue weighted by Gasteiger charge is 2.34. The Labute approximate surface area is 176 Å². The van der Waals surface area contributed by atoms with E-state index in [2.05, 4.69) is 4.98 Å². The van der Waals surface area contributed by atoms with Gasteiger partial charge in [0.25, 0.3) is 0 Å². The van der Waals surface area contributed by atoms with Crippen molar-refractivity contribution in [2.24, 2.45) is 0 Å². The first-order chi connectivity index (χ1) is 14.8. The zero-order chi connectivity index (χ0) is 20.6. The molecule has 30 heavy (non-hydrogen) atoms. The Bertz CT molecular complexity index is 895. The number of aromatic nitrogens is 1. The van der Waals surface area contributed by atoms with E-state index in [9.17, 15) is 0 Å². The predicted molar refractivity (Wildman–Crippen MR) is 113 cm³/mol. The molecule has 1 aliphatic rings. The second-order valence-electron chi connectivity index (χ2n) is 6.93. The van der Waals surface area contributed by atoms with Crippen LogP contribution < -0.4 is 9.47 Å². The van der Waals surface area contributed by atoms with Crippen LogP contribution in [0.5, 0.6) is 17.2 Å². The Morgan fingerprint density at radius 2 is 1.47 bits per heavy atom. The molecule has 6 heteroatoms. The third-order valence-corrected chi connectivity index (χ3v) is 4.70. The van der Waals surface area contributed by atoms with E-state index in [4.69, 9.17) is 23.7 Å². The zero-order valence-corrected chi connectivity index (χ0v) is 16.9. The van der Waals surface area contributed by atoms with Crippen molar-refractivity contribution in [3.8, 4) is 28.4 Å². The molecule has 1 saturated heterocycles. The van der Waals surface area contributed by atoms with Crippen LogP contribution in [0.15, 0.2) is 73.1 Å². The maximum absolute atomic E-state index is 6.08. The number of hydrogen-bond donors (Lipinski definition) is 0. The SMILES string of the molecule is COCCOCC(Oc1ccc(-c2ccc(Oc3ccncc3)cc2)cc1)C1CO1. The van der Waals surface area contributed by atoms with Crippen molar-refractivity contribution in [1.29, 1.82) is 0 Å². The van der Waals surface area contributed by atoms with E-state index in [-0.39, 0.29) is 12.2 Å². The Balaban J connectivity index is 1.34. The minimum absolute atomic E-state index is 0.0974. The van der Waals surface area contributed by atoms with Crippen molar-refractivity contribution in [3.63, 3.8) is 0 Å². The van der Waals surface area contributed by atoms with Crippen molar-refractivity contribution in [2.75, 3.05) is 33.5 Å². The van der Waals surface area contributed by atoms with E-state index in [1.165, 1.54) is 0 Å². The van der Waals surface area contributed by atoms with Crippen LogP contribution in [0.1, 0.15) is 0 Å². The van der Waals surface area contributed by atoms with E-state index in [0.717, 1.165) is 28.4 Å². The standard InChI is InChI=1S/C24H25NO5/c1-26-14-15-27-16-24(23-17-28-23)30-21-8-4-19(5-9-21)18-2-6-20(7-3-18)29-22-10-12-25-13-11-22/h2-13,23-24H,14-17H2,1H3. The number of pyridine rings is 1. The quantitative estimate of drug-likeness (QED) is 0.348. The Morgan fingerprint density at radius 3 is 2.07 bits per heavy atom. The maximum atomic E-state index is 6.08. The highest BCUT2D eigenvalue weighted by atomic mass is 16.6. The lowest BCUT2D eigenvalue weighted by Crippen LogP contribution is -2.29. The maximum Gasteiger partial charge on any atom is 0.150 e. The van der Waals surface area contributed by atoms with Gasteiger partial charge in [-0.15, -0.1) is 0 Å². The fourth-order valence-corrected chi connectivity index (χ4v) is 2.99. The average molecular weight is 407 g/mol. The number of epoxide rings is 1. The van der Waals surface area contributed by atoms with Crippen molar-refractivity contribution in [3.05, 3.63) is 73.1 Å². The minimum atomic E-state index is -0.114. The third kappa shape index (κ3) is 5.79. The lowest BCUT2D eigenvalue weighted by atomic mass is 10.1. The van der Waals surface area contributed by atoms with Crippen LogP contribution >= 0.6 is 0 Å². The summed E-state index contributed by atoms with van der Waals surface area (Å²) < 4.78 is 27.9. The molecule has 156 valence electrons. The molecule has 2 atom stereocenters. The van der Waals surface area contributed by atoms with Gasteiger partial charge in [0.15, 0.2) is 6.10 Å². The van der Waals surface area contributed by atoms with E-state index in [0.29, 0.717) is 26.4 Å². The number of hydrogen-bond acceptors (Lipinski definition) is 6. The molecule has 0 spiro atoms. The molecule has 0 radical (unpaired) electrons. The van der Waals surface area contributed by atoms with Crippen molar-refractivity contribution in [1.82, 2.24) is 4.98 Å². The highest BCUT2D eigenvalue weighted by Crippen LogP contribution is 2.28. The Hall–Kier alpha value is -2.93. The normalized spacial score (nSPS) is 16.1. The summed E-state index contributed by atoms with van der Waals surface area (Å²) in [6.07, 6.45) is 3.40. The van der Waals surface area contributed by atoms with Gasteiger partial charge in [-0.1, -0.05) is 24.3 Å². The molecule has 0 saturated carbocycles. The lowest BCUT2D eigenvalue weighted by Gasteiger charge is -2.17. The number of nitrogens with zero attached hydrogens (tertiary/aromatic N) is 1. The van der Waals surface area contributed by atoms with Crippen LogP contribution in [0, 0.1) is 0 Å². The summed E-state index contributed by atoms with van der Waals surface area (Å²) in [5.74, 6) is 2.34. The molecule has 0 amide bonds. The summed E-state index contributed by atoms with van der Waals surface area (Å²) in [5.41, 5.74) is 2.21. The summed E-state index contributed by atoms with van der Waals surface area (Å²) in [4.78, 5) is 3.99. The first kappa shape index (κ1) is 20.3. The first-order valence-corrected chi connectivity index (χ1v) is 9.95. The number of methoxy groups -OCH3 is 1. The first-order valence-electron chi connectivity index (χ1n) is 9.95. The molecule has 0 N–H and O–H groups in total. The molecule has 2 heterocycles. The summed E-state index contributed by atoms with van der Waals surface area (Å²) in [6, 6.07) is 19.7. The minimum Gasteiger partial charge on any atom is -0.485 e. The summed E-state index contributed by atoms with van der Waals surface area (Å²) in [6.45, 7) is 2.31. The fraction of sp³-hybridized carbons (Fsp3) is 0.292. The van der Waals surface area contributed by atoms with Crippen molar-refractivity contribution < 1.29 is 23.7 Å². The smallest absolute Gasteiger partial charge is 0.150 e. The zero-order valence-electron chi connectivity index (χ0n) is 16.9. The predicted octanol–water partition coefficient (Wildman–Crippen LogP) is 4.35. The largest absolute Gasteiger partial charge is 0.485 e. The van der Waals surface area contributed by atoms with E-state index < -0.39 is 0 Å². The van der Waals surface area contributed by atoms with Gasteiger partial charge in [0.2, 0.25) is 0 Å². The van der Waals surface area contributed by atoms with Gasteiger partial charge in [-0.25, -0.2) is 0 Å². The molecule has 2 aromatic carbocycles. The molecule has 2 unspecified atom stereocenters. The van der Waals surface area contributed by atoms with Gasteiger partial charge in [0.1, 0.15) is 23.4 Å². The van der Waals surface area contributed by atoms with Crippen LogP contribution in [0.3, 0.4) is 0 Å². The number of rotatable bonds is 11. The van der Waals surface area contributed by atoms with Crippen molar-refractivity contribution >= 4 is 0 Å². The lowest BCUT2D eigenvalue weighted by molar-refractivity contribution is 0.0133. The van der Waals surface area contributed by atoms with Crippen LogP contribution in [-0.2, 0) is 14.2 Å². The molecular formula is C24H25NO5. The van der Waals surface area contributed by atoms with Gasteiger partial charge in [-0.05, 0) is 47.5 Å². The van der Waals surface area contributed by atoms with Gasteiger partial charge >= 0.3 is 0 Å². The van der Waals surface area contributed by atoms with Crippen LogP contribution in [-0.4, -0.2) is 50.7 Å². The molecule has 1 fully saturated rings. The van der Waals surface area contributed by atoms with Gasteiger partial charge in [0.05, 0.1) is 26.4 Å². The topological polar surface area (TPSA) is 62.3 Å². The van der Waals surface area contributed by atoms with Gasteiger partial charge < -0.3 is 23.7 Å². The molecule has 1 aliphatic heterocycles. The van der Waals surface area contributed by atoms with Crippen LogP contribution in [0.2, 0.25) is 0 Å². The summed E-state index contributed by atoms with van der Waals surface area (Å²) in [7, 11) is 1.66.